The molecule has 0 aromatic heterocycles. The average molecular weight is 502 g/mol. The molecule has 5 rings (SSSR count). The fourth-order valence-electron chi connectivity index (χ4n) is 6.42. The van der Waals surface area contributed by atoms with Gasteiger partial charge in [0.2, 0.25) is 0 Å². The molecule has 3 aliphatic rings. The summed E-state index contributed by atoms with van der Waals surface area (Å²) in [6, 6.07) is 17.1. The molecule has 1 saturated heterocycles. The van der Waals surface area contributed by atoms with Crippen molar-refractivity contribution < 1.29 is 9.18 Å². The molecular weight excluding hydrogens is 465 g/mol. The van der Waals surface area contributed by atoms with Crippen LogP contribution in [0.25, 0.3) is 0 Å². The number of halogens is 1. The number of hydrogen-bond acceptors (Lipinski definition) is 4. The maximum atomic E-state index is 14.4. The number of nitrogens with zero attached hydrogens (tertiary/aromatic N) is 3. The molecule has 2 aliphatic heterocycles. The van der Waals surface area contributed by atoms with Crippen molar-refractivity contribution in [3.05, 3.63) is 65.5 Å². The first-order valence-corrected chi connectivity index (χ1v) is 13.6. The van der Waals surface area contributed by atoms with Crippen molar-refractivity contribution in [3.8, 4) is 6.07 Å². The lowest BCUT2D eigenvalue weighted by Gasteiger charge is -2.48. The summed E-state index contributed by atoms with van der Waals surface area (Å²) >= 11 is 0. The number of amides is 2. The predicted molar refractivity (Wildman–Crippen MR) is 144 cm³/mol. The number of carbonyl (C=O) groups is 1. The SMILES string of the molecule is CC(C#N)Cc1cccc(CC2CNCCC23C(NC2CCCCC2)=NC(=O)N3c2cccc(F)c2)c1. The molecule has 1 aliphatic carbocycles. The van der Waals surface area contributed by atoms with Gasteiger partial charge in [-0.1, -0.05) is 49.6 Å². The zero-order valence-corrected chi connectivity index (χ0v) is 21.5. The number of aliphatic imine (C=N–C) groups is 1. The highest BCUT2D eigenvalue weighted by Crippen LogP contribution is 2.42. The first kappa shape index (κ1) is 25.4. The highest BCUT2D eigenvalue weighted by molar-refractivity contribution is 6.16. The summed E-state index contributed by atoms with van der Waals surface area (Å²) in [5.74, 6) is 0.370. The van der Waals surface area contributed by atoms with Crippen LogP contribution in [0.5, 0.6) is 0 Å². The molecule has 0 bridgehead atoms. The molecule has 7 heteroatoms. The minimum atomic E-state index is -0.677. The summed E-state index contributed by atoms with van der Waals surface area (Å²) < 4.78 is 14.4. The van der Waals surface area contributed by atoms with E-state index in [-0.39, 0.29) is 23.7 Å². The zero-order valence-electron chi connectivity index (χ0n) is 21.5. The molecule has 2 amide bonds. The Morgan fingerprint density at radius 3 is 2.76 bits per heavy atom. The number of amidine groups is 1. The van der Waals surface area contributed by atoms with Crippen LogP contribution in [0.4, 0.5) is 14.9 Å². The molecule has 1 spiro atoms. The number of urea groups is 1. The fraction of sp³-hybridized carbons (Fsp3) is 0.500. The Morgan fingerprint density at radius 2 is 1.97 bits per heavy atom. The number of rotatable bonds is 6. The van der Waals surface area contributed by atoms with Gasteiger partial charge in [0.15, 0.2) is 0 Å². The zero-order chi connectivity index (χ0) is 25.8. The van der Waals surface area contributed by atoms with Gasteiger partial charge in [-0.2, -0.15) is 10.3 Å². The van der Waals surface area contributed by atoms with Crippen molar-refractivity contribution in [2.24, 2.45) is 16.8 Å². The number of anilines is 1. The molecule has 37 heavy (non-hydrogen) atoms. The van der Waals surface area contributed by atoms with Crippen LogP contribution in [0.3, 0.4) is 0 Å². The fourth-order valence-corrected chi connectivity index (χ4v) is 6.42. The van der Waals surface area contributed by atoms with Gasteiger partial charge in [0.05, 0.1) is 6.07 Å². The molecule has 2 aromatic rings. The van der Waals surface area contributed by atoms with Crippen molar-refractivity contribution in [2.45, 2.75) is 69.9 Å². The van der Waals surface area contributed by atoms with Crippen molar-refractivity contribution in [2.75, 3.05) is 18.0 Å². The van der Waals surface area contributed by atoms with Crippen molar-refractivity contribution >= 4 is 17.6 Å². The van der Waals surface area contributed by atoms with Gasteiger partial charge in [0.1, 0.15) is 17.2 Å². The minimum Gasteiger partial charge on any atom is -0.369 e. The van der Waals surface area contributed by atoms with Crippen molar-refractivity contribution in [1.29, 1.82) is 5.26 Å². The van der Waals surface area contributed by atoms with Crippen LogP contribution < -0.4 is 15.5 Å². The Morgan fingerprint density at radius 1 is 1.19 bits per heavy atom. The summed E-state index contributed by atoms with van der Waals surface area (Å²) in [6.45, 7) is 3.41. The molecule has 6 nitrogen and oxygen atoms in total. The van der Waals surface area contributed by atoms with Gasteiger partial charge in [-0.25, -0.2) is 9.18 Å². The Hall–Kier alpha value is -3.24. The van der Waals surface area contributed by atoms with Crippen LogP contribution in [0, 0.1) is 29.0 Å². The minimum absolute atomic E-state index is 0.0365. The van der Waals surface area contributed by atoms with Crippen LogP contribution in [0.1, 0.15) is 56.6 Å². The molecular formula is C30H36FN5O. The number of nitrogens with one attached hydrogen (secondary N) is 2. The molecule has 2 aromatic carbocycles. The van der Waals surface area contributed by atoms with Gasteiger partial charge in [-0.05, 0) is 74.9 Å². The molecule has 2 heterocycles. The van der Waals surface area contributed by atoms with E-state index in [2.05, 4.69) is 46.0 Å². The Kier molecular flexibility index (Phi) is 7.57. The number of hydrogen-bond donors (Lipinski definition) is 2. The standard InChI is InChI=1S/C30H36FN5O/c1-21(19-32)15-22-7-5-8-23(16-22)17-24-20-33-14-13-30(24)28(34-26-10-3-2-4-11-26)35-29(37)36(30)27-12-6-9-25(31)18-27/h5-9,12,16,18,21,24,26,33H,2-4,10-11,13-15,17,20H2,1H3,(H,34,35,37). The van der Waals surface area contributed by atoms with E-state index in [1.165, 1.54) is 37.0 Å². The van der Waals surface area contributed by atoms with Crippen molar-refractivity contribution in [3.63, 3.8) is 0 Å². The first-order valence-electron chi connectivity index (χ1n) is 13.6. The van der Waals surface area contributed by atoms with Gasteiger partial charge < -0.3 is 10.6 Å². The van der Waals surface area contributed by atoms with Crippen LogP contribution in [0.15, 0.2) is 53.5 Å². The topological polar surface area (TPSA) is 80.5 Å². The largest absolute Gasteiger partial charge is 0.369 e. The summed E-state index contributed by atoms with van der Waals surface area (Å²) in [5, 5.41) is 16.5. The maximum Gasteiger partial charge on any atom is 0.350 e. The van der Waals surface area contributed by atoms with E-state index in [4.69, 9.17) is 0 Å². The van der Waals surface area contributed by atoms with Gasteiger partial charge in [-0.15, -0.1) is 0 Å². The van der Waals surface area contributed by atoms with Gasteiger partial charge >= 0.3 is 6.03 Å². The Bertz CT molecular complexity index is 1200. The molecule has 0 radical (unpaired) electrons. The van der Waals surface area contributed by atoms with E-state index < -0.39 is 5.54 Å². The second kappa shape index (κ2) is 11.0. The van der Waals surface area contributed by atoms with E-state index in [0.29, 0.717) is 24.6 Å². The van der Waals surface area contributed by atoms with Gasteiger partial charge in [-0.3, -0.25) is 4.90 Å². The maximum absolute atomic E-state index is 14.4. The molecule has 3 unspecified atom stereocenters. The van der Waals surface area contributed by atoms with Gasteiger partial charge in [0, 0.05) is 30.1 Å². The van der Waals surface area contributed by atoms with Crippen LogP contribution in [-0.2, 0) is 12.8 Å². The van der Waals surface area contributed by atoms with Crippen LogP contribution in [0.2, 0.25) is 0 Å². The number of nitriles is 1. The Labute approximate surface area is 219 Å². The highest BCUT2D eigenvalue weighted by Gasteiger charge is 2.56. The third-order valence-electron chi connectivity index (χ3n) is 8.21. The lowest BCUT2D eigenvalue weighted by Crippen LogP contribution is -2.67. The quantitative estimate of drug-likeness (QED) is 0.557. The monoisotopic (exact) mass is 501 g/mol. The molecule has 1 saturated carbocycles. The van der Waals surface area contributed by atoms with E-state index in [9.17, 15) is 14.4 Å². The summed E-state index contributed by atoms with van der Waals surface area (Å²) in [6.07, 6.45) is 7.91. The average Bonchev–Trinajstić information content (AvgIpc) is 3.17. The van der Waals surface area contributed by atoms with Crippen molar-refractivity contribution in [1.82, 2.24) is 10.6 Å². The molecule has 2 fully saturated rings. The lowest BCUT2D eigenvalue weighted by atomic mass is 9.73. The summed E-state index contributed by atoms with van der Waals surface area (Å²) in [4.78, 5) is 19.9. The number of benzene rings is 2. The third-order valence-corrected chi connectivity index (χ3v) is 8.21. The van der Waals surface area contributed by atoms with Crippen LogP contribution in [-0.4, -0.2) is 36.5 Å². The molecule has 3 atom stereocenters. The highest BCUT2D eigenvalue weighted by atomic mass is 19.1. The predicted octanol–water partition coefficient (Wildman–Crippen LogP) is 5.38. The number of carbonyl (C=O) groups excluding carboxylic acids is 1. The first-order chi connectivity index (χ1) is 18.0. The van der Waals surface area contributed by atoms with Gasteiger partial charge in [0.25, 0.3) is 0 Å². The van der Waals surface area contributed by atoms with E-state index in [0.717, 1.165) is 43.8 Å². The second-order valence-corrected chi connectivity index (χ2v) is 10.9. The smallest absolute Gasteiger partial charge is 0.350 e. The summed E-state index contributed by atoms with van der Waals surface area (Å²) in [7, 11) is 0. The normalized spacial score (nSPS) is 25.1. The number of piperidine rings is 1. The second-order valence-electron chi connectivity index (χ2n) is 10.9. The lowest BCUT2D eigenvalue weighted by molar-refractivity contribution is 0.233. The Balaban J connectivity index is 1.52. The van der Waals surface area contributed by atoms with E-state index in [1.807, 2.05) is 13.0 Å². The molecule has 194 valence electrons. The third kappa shape index (κ3) is 5.26. The van der Waals surface area contributed by atoms with E-state index in [1.54, 1.807) is 11.0 Å². The summed E-state index contributed by atoms with van der Waals surface area (Å²) in [5.41, 5.74) is 2.19. The van der Waals surface area contributed by atoms with E-state index >= 15 is 0 Å². The van der Waals surface area contributed by atoms with Crippen LogP contribution >= 0.6 is 0 Å². The molecule has 2 N–H and O–H groups in total.